The van der Waals surface area contributed by atoms with Gasteiger partial charge in [0, 0.05) is 48.4 Å². The van der Waals surface area contributed by atoms with Crippen LogP contribution in [0.4, 0.5) is 22.7 Å². The number of nitrogens with zero attached hydrogens (tertiary/aromatic N) is 6. The standard InChI is InChI=1S/C22H22N4O4.C19H18N4O3/c1-4-26-21(28)20(24-17-8-6-7-16(13-17)22(29)30-5-2)18(14(3)27)19(25-26)15-9-11-23-12-10-15;1-3-23-19(25)18(20-15-10-7-11-22(26)12-15)16(13(2)24)17(21-23)14-8-5-4-6-9-14/h6-13,24H,4-5H2,1-3H3;4-12,20H,3H2,1-2H3. The minimum atomic E-state index is -0.467. The Hall–Kier alpha value is -7.29. The van der Waals surface area contributed by atoms with Gasteiger partial charge < -0.3 is 20.6 Å². The van der Waals surface area contributed by atoms with Gasteiger partial charge >= 0.3 is 5.97 Å². The number of esters is 1. The van der Waals surface area contributed by atoms with E-state index in [1.54, 1.807) is 81.7 Å². The highest BCUT2D eigenvalue weighted by Crippen LogP contribution is 2.29. The van der Waals surface area contributed by atoms with E-state index in [1.165, 1.54) is 35.6 Å². The first kappa shape index (κ1) is 39.9. The van der Waals surface area contributed by atoms with E-state index < -0.39 is 17.1 Å². The molecular weight excluding hydrogens is 716 g/mol. The number of ketones is 2. The van der Waals surface area contributed by atoms with Gasteiger partial charge in [0.2, 0.25) is 6.20 Å². The molecule has 2 aromatic carbocycles. The highest BCUT2D eigenvalue weighted by Gasteiger charge is 2.24. The molecule has 0 saturated carbocycles. The first-order valence-electron chi connectivity index (χ1n) is 17.7. The maximum atomic E-state index is 13.0. The Morgan fingerprint density at radius 1 is 0.714 bits per heavy atom. The van der Waals surface area contributed by atoms with Gasteiger partial charge in [-0.05, 0) is 71.0 Å². The molecule has 6 rings (SSSR count). The first-order valence-corrected chi connectivity index (χ1v) is 17.7. The van der Waals surface area contributed by atoms with Crippen LogP contribution in [0.3, 0.4) is 0 Å². The van der Waals surface area contributed by atoms with Crippen LogP contribution >= 0.6 is 0 Å². The fourth-order valence-electron chi connectivity index (χ4n) is 5.75. The van der Waals surface area contributed by atoms with Crippen molar-refractivity contribution in [3.63, 3.8) is 0 Å². The molecule has 0 radical (unpaired) electrons. The van der Waals surface area contributed by atoms with Crippen molar-refractivity contribution >= 4 is 40.3 Å². The van der Waals surface area contributed by atoms with Crippen molar-refractivity contribution in [2.75, 3.05) is 17.2 Å². The van der Waals surface area contributed by atoms with Crippen LogP contribution in [0, 0.1) is 5.21 Å². The molecule has 0 amide bonds. The molecule has 0 aliphatic rings. The number of ether oxygens (including phenoxy) is 1. The Balaban J connectivity index is 0.000000216. The second-order valence-corrected chi connectivity index (χ2v) is 12.2. The van der Waals surface area contributed by atoms with E-state index in [4.69, 9.17) is 4.74 Å². The second kappa shape index (κ2) is 18.2. The molecule has 0 bridgehead atoms. The number of aryl methyl sites for hydroxylation is 2. The minimum absolute atomic E-state index is 0.104. The molecule has 4 heterocycles. The molecule has 15 heteroatoms. The summed E-state index contributed by atoms with van der Waals surface area (Å²) in [5.41, 5.74) is 3.19. The molecular formula is C41H40N8O7. The van der Waals surface area contributed by atoms with E-state index in [1.807, 2.05) is 30.3 Å². The predicted octanol–water partition coefficient (Wildman–Crippen LogP) is 5.96. The van der Waals surface area contributed by atoms with Crippen molar-refractivity contribution in [1.82, 2.24) is 24.5 Å². The molecule has 0 spiro atoms. The predicted molar refractivity (Wildman–Crippen MR) is 211 cm³/mol. The lowest BCUT2D eigenvalue weighted by Crippen LogP contribution is -2.29. The molecule has 0 atom stereocenters. The second-order valence-electron chi connectivity index (χ2n) is 12.2. The smallest absolute Gasteiger partial charge is 0.338 e. The number of rotatable bonds is 12. The quantitative estimate of drug-likeness (QED) is 0.0645. The third-order valence-corrected chi connectivity index (χ3v) is 8.30. The van der Waals surface area contributed by atoms with E-state index >= 15 is 0 Å². The van der Waals surface area contributed by atoms with Gasteiger partial charge in [0.1, 0.15) is 28.5 Å². The summed E-state index contributed by atoms with van der Waals surface area (Å²) in [5, 5.41) is 26.2. The largest absolute Gasteiger partial charge is 0.619 e. The molecule has 0 saturated heterocycles. The van der Waals surface area contributed by atoms with Crippen LogP contribution in [-0.4, -0.2) is 48.7 Å². The Kier molecular flexibility index (Phi) is 12.9. The van der Waals surface area contributed by atoms with Crippen LogP contribution in [0.25, 0.3) is 22.5 Å². The number of hydrogen-bond acceptors (Lipinski definition) is 12. The average molecular weight is 757 g/mol. The van der Waals surface area contributed by atoms with E-state index in [0.717, 1.165) is 5.56 Å². The van der Waals surface area contributed by atoms with Crippen molar-refractivity contribution in [3.8, 4) is 22.5 Å². The van der Waals surface area contributed by atoms with Gasteiger partial charge in [-0.15, -0.1) is 0 Å². The van der Waals surface area contributed by atoms with Crippen LogP contribution in [-0.2, 0) is 17.8 Å². The van der Waals surface area contributed by atoms with Gasteiger partial charge in [0.15, 0.2) is 17.8 Å². The number of carbonyl (C=O) groups excluding carboxylic acids is 3. The number of benzene rings is 2. The third kappa shape index (κ3) is 9.07. The van der Waals surface area contributed by atoms with E-state index in [2.05, 4.69) is 25.8 Å². The minimum Gasteiger partial charge on any atom is -0.619 e. The van der Waals surface area contributed by atoms with Gasteiger partial charge in [-0.2, -0.15) is 14.9 Å². The van der Waals surface area contributed by atoms with Gasteiger partial charge in [-0.25, -0.2) is 14.2 Å². The normalized spacial score (nSPS) is 10.5. The van der Waals surface area contributed by atoms with E-state index in [-0.39, 0.29) is 40.7 Å². The highest BCUT2D eigenvalue weighted by atomic mass is 16.5. The Morgan fingerprint density at radius 2 is 1.25 bits per heavy atom. The summed E-state index contributed by atoms with van der Waals surface area (Å²) < 4.78 is 8.24. The molecule has 286 valence electrons. The van der Waals surface area contributed by atoms with Gasteiger partial charge in [-0.1, -0.05) is 36.4 Å². The van der Waals surface area contributed by atoms with Crippen molar-refractivity contribution < 1.29 is 23.9 Å². The summed E-state index contributed by atoms with van der Waals surface area (Å²) in [7, 11) is 0. The highest BCUT2D eigenvalue weighted by molar-refractivity contribution is 6.06. The van der Waals surface area contributed by atoms with Crippen molar-refractivity contribution in [2.45, 2.75) is 47.7 Å². The maximum absolute atomic E-state index is 13.0. The van der Waals surface area contributed by atoms with Crippen molar-refractivity contribution in [1.29, 1.82) is 0 Å². The summed E-state index contributed by atoms with van der Waals surface area (Å²) in [6.07, 6.45) is 5.82. The summed E-state index contributed by atoms with van der Waals surface area (Å²) in [6.45, 7) is 9.03. The number of nitrogens with one attached hydrogen (secondary N) is 2. The number of anilines is 4. The molecule has 0 unspecified atom stereocenters. The molecule has 4 aromatic heterocycles. The summed E-state index contributed by atoms with van der Waals surface area (Å²) in [6, 6.07) is 22.4. The topological polar surface area (TPSA) is 194 Å². The van der Waals surface area contributed by atoms with Gasteiger partial charge in [0.05, 0.1) is 23.3 Å². The molecule has 2 N–H and O–H groups in total. The molecule has 6 aromatic rings. The number of hydrogen-bond donors (Lipinski definition) is 2. The van der Waals surface area contributed by atoms with Gasteiger partial charge in [0.25, 0.3) is 11.1 Å². The van der Waals surface area contributed by atoms with Crippen LogP contribution in [0.1, 0.15) is 65.7 Å². The lowest BCUT2D eigenvalue weighted by atomic mass is 10.0. The van der Waals surface area contributed by atoms with E-state index in [9.17, 15) is 29.2 Å². The summed E-state index contributed by atoms with van der Waals surface area (Å²) in [5.74, 6) is -1.06. The number of aromatic nitrogens is 6. The van der Waals surface area contributed by atoms with Crippen LogP contribution in [0.15, 0.2) is 113 Å². The molecule has 15 nitrogen and oxygen atoms in total. The fraction of sp³-hybridized carbons (Fsp3) is 0.195. The zero-order chi connectivity index (χ0) is 40.4. The zero-order valence-electron chi connectivity index (χ0n) is 31.5. The maximum Gasteiger partial charge on any atom is 0.338 e. The average Bonchev–Trinajstić information content (AvgIpc) is 3.20. The molecule has 56 heavy (non-hydrogen) atoms. The van der Waals surface area contributed by atoms with Crippen LogP contribution in [0.5, 0.6) is 0 Å². The van der Waals surface area contributed by atoms with Crippen molar-refractivity contribution in [3.05, 3.63) is 146 Å². The number of pyridine rings is 2. The first-order chi connectivity index (χ1) is 27.0. The lowest BCUT2D eigenvalue weighted by molar-refractivity contribution is -0.604. The number of Topliss-reactive ketones (excluding diaryl/α,β-unsaturated/α-hetero) is 2. The Labute approximate surface area is 321 Å². The lowest BCUT2D eigenvalue weighted by Gasteiger charge is -2.16. The molecule has 0 fully saturated rings. The zero-order valence-corrected chi connectivity index (χ0v) is 31.5. The van der Waals surface area contributed by atoms with Crippen molar-refractivity contribution in [2.24, 2.45) is 0 Å². The number of carbonyl (C=O) groups is 3. The Morgan fingerprint density at radius 3 is 1.77 bits per heavy atom. The third-order valence-electron chi connectivity index (χ3n) is 8.30. The Bertz CT molecular complexity index is 2500. The molecule has 0 aliphatic heterocycles. The van der Waals surface area contributed by atoms with Crippen LogP contribution < -0.4 is 26.5 Å². The van der Waals surface area contributed by atoms with E-state index in [0.29, 0.717) is 51.7 Å². The summed E-state index contributed by atoms with van der Waals surface area (Å²) >= 11 is 0. The summed E-state index contributed by atoms with van der Waals surface area (Å²) in [4.78, 5) is 66.8. The monoisotopic (exact) mass is 756 g/mol. The molecule has 0 aliphatic carbocycles. The SMILES string of the molecule is CCOC(=O)c1cccc(Nc2c(C(C)=O)c(-c3ccncc3)nn(CC)c2=O)c1.CCn1nc(-c2ccccc2)c(C(C)=O)c(Nc2ccc[n+]([O-])c2)c1=O. The fourth-order valence-corrected chi connectivity index (χ4v) is 5.75. The van der Waals surface area contributed by atoms with Gasteiger partial charge in [-0.3, -0.25) is 24.2 Å². The van der Waals surface area contributed by atoms with Crippen LogP contribution in [0.2, 0.25) is 0 Å².